The van der Waals surface area contributed by atoms with Crippen LogP contribution in [0.15, 0.2) is 24.5 Å². The van der Waals surface area contributed by atoms with Gasteiger partial charge in [0.25, 0.3) is 0 Å². The average Bonchev–Trinajstić information content (AvgIpc) is 3.16. The van der Waals surface area contributed by atoms with Crippen molar-refractivity contribution in [3.63, 3.8) is 0 Å². The molecule has 1 aromatic carbocycles. The van der Waals surface area contributed by atoms with Gasteiger partial charge < -0.3 is 20.1 Å². The zero-order valence-corrected chi connectivity index (χ0v) is 16.6. The molecule has 4 aromatic rings. The average molecular weight is 409 g/mol. The fraction of sp³-hybridized carbons (Fsp3) is 0.300. The second-order valence-electron chi connectivity index (χ2n) is 7.19. The largest absolute Gasteiger partial charge is 0.504 e. The number of pyridine rings is 1. The smallest absolute Gasteiger partial charge is 0.226 e. The van der Waals surface area contributed by atoms with Gasteiger partial charge in [0.1, 0.15) is 5.52 Å². The van der Waals surface area contributed by atoms with Crippen molar-refractivity contribution in [2.24, 2.45) is 7.05 Å². The molecule has 0 saturated carbocycles. The molecule has 154 valence electrons. The van der Waals surface area contributed by atoms with Crippen molar-refractivity contribution >= 4 is 27.6 Å². The number of nitrogens with zero attached hydrogens (tertiary/aromatic N) is 6. The third kappa shape index (κ3) is 2.96. The molecular weight excluding hydrogens is 389 g/mol. The first-order chi connectivity index (χ1) is 14.5. The van der Waals surface area contributed by atoms with Crippen LogP contribution in [0.3, 0.4) is 0 Å². The molecule has 0 unspecified atom stereocenters. The molecule has 9 nitrogen and oxygen atoms in total. The lowest BCUT2D eigenvalue weighted by molar-refractivity contribution is 0.402. The molecule has 4 heterocycles. The van der Waals surface area contributed by atoms with E-state index < -0.39 is 11.6 Å². The molecule has 0 aliphatic carbocycles. The minimum Gasteiger partial charge on any atom is -0.504 e. The summed E-state index contributed by atoms with van der Waals surface area (Å²) >= 11 is 0. The molecule has 10 heteroatoms. The molecule has 2 N–H and O–H groups in total. The van der Waals surface area contributed by atoms with Crippen molar-refractivity contribution in [3.05, 3.63) is 30.3 Å². The molecule has 0 spiro atoms. The first kappa shape index (κ1) is 18.5. The Bertz CT molecular complexity index is 1270. The highest BCUT2D eigenvalue weighted by atomic mass is 19.1. The van der Waals surface area contributed by atoms with Crippen LogP contribution in [0.25, 0.3) is 33.3 Å². The summed E-state index contributed by atoms with van der Waals surface area (Å²) in [5, 5.41) is 19.0. The van der Waals surface area contributed by atoms with E-state index in [2.05, 4.69) is 30.3 Å². The fourth-order valence-corrected chi connectivity index (χ4v) is 3.75. The third-order valence-electron chi connectivity index (χ3n) is 5.25. The molecular formula is C20H20FN7O2. The standard InChI is InChI=1S/C20H20FN7O2/c1-27-10-11-7-13(17(29)15(21)16(11)26-27)19-24-18-14(20(25-19)30-2)8-12(9-23-18)28-5-3-22-4-6-28/h7-10,22,29H,3-6H2,1-2H3. The summed E-state index contributed by atoms with van der Waals surface area (Å²) in [5.74, 6) is -0.928. The topological polar surface area (TPSA) is 101 Å². The van der Waals surface area contributed by atoms with E-state index in [1.807, 2.05) is 6.07 Å². The van der Waals surface area contributed by atoms with Gasteiger partial charge in [0.05, 0.1) is 29.9 Å². The quantitative estimate of drug-likeness (QED) is 0.529. The van der Waals surface area contributed by atoms with Crippen LogP contribution in [0.2, 0.25) is 0 Å². The maximum Gasteiger partial charge on any atom is 0.226 e. The second-order valence-corrected chi connectivity index (χ2v) is 7.19. The van der Waals surface area contributed by atoms with Gasteiger partial charge >= 0.3 is 0 Å². The Labute approximate surface area is 171 Å². The van der Waals surface area contributed by atoms with Crippen LogP contribution in [-0.2, 0) is 7.05 Å². The Morgan fingerprint density at radius 1 is 1.20 bits per heavy atom. The Morgan fingerprint density at radius 2 is 2.00 bits per heavy atom. The number of anilines is 1. The number of hydrogen-bond donors (Lipinski definition) is 2. The van der Waals surface area contributed by atoms with Crippen LogP contribution >= 0.6 is 0 Å². The number of piperazine rings is 1. The number of phenols is 1. The number of halogens is 1. The Kier molecular flexibility index (Phi) is 4.35. The van der Waals surface area contributed by atoms with Gasteiger partial charge in [-0.1, -0.05) is 0 Å². The van der Waals surface area contributed by atoms with Gasteiger partial charge in [-0.25, -0.2) is 14.4 Å². The number of methoxy groups -OCH3 is 1. The number of rotatable bonds is 3. The number of benzene rings is 1. The molecule has 0 bridgehead atoms. The van der Waals surface area contributed by atoms with E-state index in [-0.39, 0.29) is 16.9 Å². The molecule has 0 amide bonds. The van der Waals surface area contributed by atoms with Gasteiger partial charge in [-0.05, 0) is 12.1 Å². The minimum atomic E-state index is -0.812. The van der Waals surface area contributed by atoms with Gasteiger partial charge in [-0.15, -0.1) is 0 Å². The molecule has 3 aromatic heterocycles. The van der Waals surface area contributed by atoms with Crippen LogP contribution in [0.5, 0.6) is 11.6 Å². The van der Waals surface area contributed by atoms with Gasteiger partial charge in [0, 0.05) is 44.8 Å². The van der Waals surface area contributed by atoms with Crippen LogP contribution in [0, 0.1) is 5.82 Å². The molecule has 1 aliphatic rings. The number of phenolic OH excluding ortho intramolecular Hbond substituents is 1. The predicted molar refractivity (Wildman–Crippen MR) is 110 cm³/mol. The summed E-state index contributed by atoms with van der Waals surface area (Å²) in [6, 6.07) is 3.55. The second kappa shape index (κ2) is 7.06. The molecule has 30 heavy (non-hydrogen) atoms. The SMILES string of the molecule is COc1nc(-c2cc3cn(C)nc3c(F)c2O)nc2ncc(N3CCNCC3)cc12. The zero-order chi connectivity index (χ0) is 20.8. The maximum atomic E-state index is 14.7. The third-order valence-corrected chi connectivity index (χ3v) is 5.25. The highest BCUT2D eigenvalue weighted by Crippen LogP contribution is 2.36. The summed E-state index contributed by atoms with van der Waals surface area (Å²) in [6.45, 7) is 3.58. The molecule has 1 aliphatic heterocycles. The van der Waals surface area contributed by atoms with Crippen LogP contribution < -0.4 is 15.0 Å². The molecule has 1 saturated heterocycles. The number of aromatic nitrogens is 5. The zero-order valence-electron chi connectivity index (χ0n) is 16.6. The molecule has 0 atom stereocenters. The van der Waals surface area contributed by atoms with Crippen LogP contribution in [0.4, 0.5) is 10.1 Å². The van der Waals surface area contributed by atoms with E-state index >= 15 is 0 Å². The van der Waals surface area contributed by atoms with Crippen molar-refractivity contribution in [3.8, 4) is 23.0 Å². The number of aromatic hydroxyl groups is 1. The number of ether oxygens (including phenoxy) is 1. The summed E-state index contributed by atoms with van der Waals surface area (Å²) in [4.78, 5) is 15.6. The van der Waals surface area contributed by atoms with Crippen molar-refractivity contribution < 1.29 is 14.2 Å². The highest BCUT2D eigenvalue weighted by molar-refractivity contribution is 5.90. The minimum absolute atomic E-state index is 0.0882. The number of aryl methyl sites for hydroxylation is 1. The fourth-order valence-electron chi connectivity index (χ4n) is 3.75. The first-order valence-corrected chi connectivity index (χ1v) is 9.58. The lowest BCUT2D eigenvalue weighted by Gasteiger charge is -2.29. The number of nitrogens with one attached hydrogen (secondary N) is 1. The monoisotopic (exact) mass is 409 g/mol. The van der Waals surface area contributed by atoms with E-state index in [1.165, 1.54) is 11.8 Å². The normalized spacial score (nSPS) is 14.6. The van der Waals surface area contributed by atoms with Gasteiger partial charge in [-0.3, -0.25) is 4.68 Å². The Balaban J connectivity index is 1.65. The van der Waals surface area contributed by atoms with Crippen molar-refractivity contribution in [1.29, 1.82) is 0 Å². The van der Waals surface area contributed by atoms with Crippen molar-refractivity contribution in [2.75, 3.05) is 38.2 Å². The summed E-state index contributed by atoms with van der Waals surface area (Å²) in [6.07, 6.45) is 3.42. The lowest BCUT2D eigenvalue weighted by Crippen LogP contribution is -2.43. The maximum absolute atomic E-state index is 14.7. The lowest BCUT2D eigenvalue weighted by atomic mass is 10.1. The van der Waals surface area contributed by atoms with E-state index in [9.17, 15) is 9.50 Å². The van der Waals surface area contributed by atoms with Gasteiger partial charge in [-0.2, -0.15) is 10.1 Å². The number of fused-ring (bicyclic) bond motifs is 2. The van der Waals surface area contributed by atoms with Crippen molar-refractivity contribution in [2.45, 2.75) is 0 Å². The van der Waals surface area contributed by atoms with Crippen LogP contribution in [0.1, 0.15) is 0 Å². The van der Waals surface area contributed by atoms with E-state index in [1.54, 1.807) is 25.5 Å². The highest BCUT2D eigenvalue weighted by Gasteiger charge is 2.21. The van der Waals surface area contributed by atoms with Gasteiger partial charge in [0.15, 0.2) is 23.0 Å². The Morgan fingerprint density at radius 3 is 2.77 bits per heavy atom. The summed E-state index contributed by atoms with van der Waals surface area (Å²) in [5.41, 5.74) is 1.61. The molecule has 1 fully saturated rings. The summed E-state index contributed by atoms with van der Waals surface area (Å²) in [7, 11) is 3.19. The predicted octanol–water partition coefficient (Wildman–Crippen LogP) is 1.84. The Hall–Kier alpha value is -3.53. The van der Waals surface area contributed by atoms with E-state index in [0.717, 1.165) is 31.9 Å². The molecule has 5 rings (SSSR count). The molecule has 0 radical (unpaired) electrons. The van der Waals surface area contributed by atoms with Crippen LogP contribution in [-0.4, -0.2) is 63.1 Å². The summed E-state index contributed by atoms with van der Waals surface area (Å²) < 4.78 is 21.6. The van der Waals surface area contributed by atoms with Crippen molar-refractivity contribution in [1.82, 2.24) is 30.0 Å². The first-order valence-electron chi connectivity index (χ1n) is 9.58. The number of hydrogen-bond acceptors (Lipinski definition) is 8. The van der Waals surface area contributed by atoms with E-state index in [4.69, 9.17) is 4.74 Å². The van der Waals surface area contributed by atoms with Gasteiger partial charge in [0.2, 0.25) is 5.88 Å². The van der Waals surface area contributed by atoms with E-state index in [0.29, 0.717) is 22.3 Å².